The highest BCUT2D eigenvalue weighted by atomic mass is 127. The minimum atomic E-state index is -0.424. The average molecular weight is 564 g/mol. The minimum absolute atomic E-state index is 0.0199. The Bertz CT molecular complexity index is 1150. The fourth-order valence-corrected chi connectivity index (χ4v) is 4.47. The molecule has 6 nitrogen and oxygen atoms in total. The molecule has 0 unspecified atom stereocenters. The van der Waals surface area contributed by atoms with E-state index in [-0.39, 0.29) is 29.5 Å². The van der Waals surface area contributed by atoms with Crippen LogP contribution < -0.4 is 4.74 Å². The summed E-state index contributed by atoms with van der Waals surface area (Å²) in [7, 11) is 0. The van der Waals surface area contributed by atoms with Crippen LogP contribution in [0.4, 0.5) is 0 Å². The molecule has 0 radical (unpaired) electrons. The summed E-state index contributed by atoms with van der Waals surface area (Å²) in [5.74, 6) is -0.178. The number of ketones is 1. The summed E-state index contributed by atoms with van der Waals surface area (Å²) in [5.41, 5.74) is 1.81. The van der Waals surface area contributed by atoms with Crippen LogP contribution in [0, 0.1) is 10.5 Å². The van der Waals surface area contributed by atoms with Crippen LogP contribution in [0.3, 0.4) is 0 Å². The van der Waals surface area contributed by atoms with Crippen molar-refractivity contribution in [2.45, 2.75) is 65.7 Å². The Morgan fingerprint density at radius 2 is 1.76 bits per heavy atom. The number of aryl methyl sites for hydroxylation is 2. The molecule has 3 aromatic rings. The molecule has 0 saturated heterocycles. The van der Waals surface area contributed by atoms with Gasteiger partial charge < -0.3 is 19.4 Å². The number of rotatable bonds is 10. The summed E-state index contributed by atoms with van der Waals surface area (Å²) in [6, 6.07) is 6.19. The molecule has 0 aliphatic carbocycles. The second-order valence-electron chi connectivity index (χ2n) is 8.20. The maximum absolute atomic E-state index is 13.6. The Kier molecular flexibility index (Phi) is 8.40. The highest BCUT2D eigenvalue weighted by Gasteiger charge is 2.25. The molecule has 1 heterocycles. The molecule has 33 heavy (non-hydrogen) atoms. The first-order valence-electron chi connectivity index (χ1n) is 11.3. The highest BCUT2D eigenvalue weighted by molar-refractivity contribution is 14.1. The predicted molar refractivity (Wildman–Crippen MR) is 135 cm³/mol. The van der Waals surface area contributed by atoms with Crippen molar-refractivity contribution in [3.05, 3.63) is 50.3 Å². The van der Waals surface area contributed by atoms with Gasteiger partial charge in [-0.15, -0.1) is 0 Å². The number of ether oxygens (including phenoxy) is 1. The number of hydrogen-bond acceptors (Lipinski definition) is 6. The quantitative estimate of drug-likeness (QED) is 0.0923. The van der Waals surface area contributed by atoms with Gasteiger partial charge in [-0.05, 0) is 66.1 Å². The first kappa shape index (κ1) is 25.1. The number of benzene rings is 2. The molecule has 0 atom stereocenters. The van der Waals surface area contributed by atoms with Gasteiger partial charge in [0.2, 0.25) is 0 Å². The Morgan fingerprint density at radius 3 is 2.42 bits per heavy atom. The first-order valence-corrected chi connectivity index (χ1v) is 12.4. The Hall–Kier alpha value is -2.55. The number of unbranched alkanes of at least 4 members (excludes halogenated alkanes) is 3. The SMILES string of the molecule is CCCCCc1oc2cc(OC(=O)CCCC)c(O)cc2c1C(=O)c1cc(C)c(O)c(I)c1. The van der Waals surface area contributed by atoms with Crippen LogP contribution in [-0.2, 0) is 11.2 Å². The van der Waals surface area contributed by atoms with Crippen molar-refractivity contribution in [1.82, 2.24) is 0 Å². The molecular weight excluding hydrogens is 535 g/mol. The maximum atomic E-state index is 13.6. The third kappa shape index (κ3) is 5.69. The maximum Gasteiger partial charge on any atom is 0.311 e. The lowest BCUT2D eigenvalue weighted by molar-refractivity contribution is -0.134. The number of phenolic OH excluding ortho intramolecular Hbond substituents is 2. The zero-order valence-corrected chi connectivity index (χ0v) is 21.3. The van der Waals surface area contributed by atoms with Crippen molar-refractivity contribution >= 4 is 45.3 Å². The van der Waals surface area contributed by atoms with E-state index in [0.29, 0.717) is 49.8 Å². The zero-order valence-electron chi connectivity index (χ0n) is 19.2. The van der Waals surface area contributed by atoms with Crippen LogP contribution in [0.25, 0.3) is 11.0 Å². The summed E-state index contributed by atoms with van der Waals surface area (Å²) in [5, 5.41) is 21.1. The van der Waals surface area contributed by atoms with E-state index in [4.69, 9.17) is 9.15 Å². The van der Waals surface area contributed by atoms with Crippen molar-refractivity contribution in [1.29, 1.82) is 0 Å². The van der Waals surface area contributed by atoms with Gasteiger partial charge >= 0.3 is 5.97 Å². The van der Waals surface area contributed by atoms with E-state index in [2.05, 4.69) is 6.92 Å². The monoisotopic (exact) mass is 564 g/mol. The van der Waals surface area contributed by atoms with E-state index in [0.717, 1.165) is 25.7 Å². The molecule has 0 bridgehead atoms. The third-order valence-electron chi connectivity index (χ3n) is 5.55. The van der Waals surface area contributed by atoms with Gasteiger partial charge in [-0.1, -0.05) is 33.1 Å². The number of halogens is 1. The number of carbonyl (C=O) groups excluding carboxylic acids is 2. The number of esters is 1. The summed E-state index contributed by atoms with van der Waals surface area (Å²) in [4.78, 5) is 25.6. The lowest BCUT2D eigenvalue weighted by atomic mass is 9.96. The summed E-state index contributed by atoms with van der Waals surface area (Å²) in [6.45, 7) is 5.83. The Morgan fingerprint density at radius 1 is 1.03 bits per heavy atom. The predicted octanol–water partition coefficient (Wildman–Crippen LogP) is 6.82. The van der Waals surface area contributed by atoms with Crippen LogP contribution in [0.1, 0.15) is 79.6 Å². The molecule has 1 aromatic heterocycles. The van der Waals surface area contributed by atoms with Crippen molar-refractivity contribution in [2.24, 2.45) is 0 Å². The second-order valence-corrected chi connectivity index (χ2v) is 9.37. The van der Waals surface area contributed by atoms with Crippen LogP contribution in [-0.4, -0.2) is 22.0 Å². The van der Waals surface area contributed by atoms with Gasteiger partial charge in [-0.25, -0.2) is 0 Å². The van der Waals surface area contributed by atoms with Crippen molar-refractivity contribution in [2.75, 3.05) is 0 Å². The summed E-state index contributed by atoms with van der Waals surface area (Å²) >= 11 is 2.00. The zero-order chi connectivity index (χ0) is 24.1. The van der Waals surface area contributed by atoms with Crippen LogP contribution in [0.2, 0.25) is 0 Å². The molecule has 0 aliphatic rings. The molecule has 0 aliphatic heterocycles. The molecule has 2 aromatic carbocycles. The summed E-state index contributed by atoms with van der Waals surface area (Å²) in [6.07, 6.45) is 5.27. The van der Waals surface area contributed by atoms with E-state index in [1.165, 1.54) is 12.1 Å². The molecule has 0 spiro atoms. The van der Waals surface area contributed by atoms with Crippen molar-refractivity contribution < 1.29 is 29.0 Å². The smallest absolute Gasteiger partial charge is 0.311 e. The second kappa shape index (κ2) is 11.0. The molecule has 0 saturated carbocycles. The van der Waals surface area contributed by atoms with Gasteiger partial charge in [-0.3, -0.25) is 9.59 Å². The van der Waals surface area contributed by atoms with Gasteiger partial charge in [0.1, 0.15) is 17.1 Å². The van der Waals surface area contributed by atoms with Crippen LogP contribution in [0.15, 0.2) is 28.7 Å². The van der Waals surface area contributed by atoms with Gasteiger partial charge in [-0.2, -0.15) is 0 Å². The van der Waals surface area contributed by atoms with Crippen LogP contribution >= 0.6 is 22.6 Å². The number of fused-ring (bicyclic) bond motifs is 1. The first-order chi connectivity index (χ1) is 15.8. The third-order valence-corrected chi connectivity index (χ3v) is 6.37. The fraction of sp³-hybridized carbons (Fsp3) is 0.385. The van der Waals surface area contributed by atoms with E-state index < -0.39 is 5.97 Å². The number of aromatic hydroxyl groups is 2. The molecule has 0 amide bonds. The van der Waals surface area contributed by atoms with Gasteiger partial charge in [0.05, 0.1) is 9.13 Å². The fourth-order valence-electron chi connectivity index (χ4n) is 3.71. The number of carbonyl (C=O) groups is 2. The standard InChI is InChI=1S/C26H29IO6/c1-4-6-8-9-20-24(26(31)16-11-15(3)25(30)18(27)12-16)17-13-19(28)22(14-21(17)32-20)33-23(29)10-7-5-2/h11-14,28,30H,4-10H2,1-3H3. The average Bonchev–Trinajstić information content (AvgIpc) is 3.12. The molecule has 0 fully saturated rings. The Balaban J connectivity index is 2.07. The van der Waals surface area contributed by atoms with Gasteiger partial charge in [0.25, 0.3) is 0 Å². The molecule has 2 N–H and O–H groups in total. The normalized spacial score (nSPS) is 11.2. The van der Waals surface area contributed by atoms with Gasteiger partial charge in [0.15, 0.2) is 17.3 Å². The topological polar surface area (TPSA) is 97.0 Å². The van der Waals surface area contributed by atoms with Crippen molar-refractivity contribution in [3.63, 3.8) is 0 Å². The Labute approximate surface area is 207 Å². The minimum Gasteiger partial charge on any atom is -0.507 e. The molecular formula is C26H29IO6. The van der Waals surface area contributed by atoms with E-state index in [1.807, 2.05) is 29.5 Å². The van der Waals surface area contributed by atoms with E-state index in [9.17, 15) is 19.8 Å². The van der Waals surface area contributed by atoms with E-state index >= 15 is 0 Å². The summed E-state index contributed by atoms with van der Waals surface area (Å²) < 4.78 is 12.0. The lowest BCUT2D eigenvalue weighted by Gasteiger charge is -2.08. The van der Waals surface area contributed by atoms with Crippen LogP contribution in [0.5, 0.6) is 17.2 Å². The molecule has 176 valence electrons. The largest absolute Gasteiger partial charge is 0.507 e. The lowest BCUT2D eigenvalue weighted by Crippen LogP contribution is -2.07. The number of hydrogen-bond donors (Lipinski definition) is 2. The van der Waals surface area contributed by atoms with Crippen molar-refractivity contribution in [3.8, 4) is 17.2 Å². The number of furan rings is 1. The molecule has 3 rings (SSSR count). The van der Waals surface area contributed by atoms with E-state index in [1.54, 1.807) is 19.1 Å². The highest BCUT2D eigenvalue weighted by Crippen LogP contribution is 2.38. The van der Waals surface area contributed by atoms with Gasteiger partial charge in [0, 0.05) is 29.9 Å². The number of phenols is 2. The molecule has 7 heteroatoms.